The van der Waals surface area contributed by atoms with Gasteiger partial charge in [0.25, 0.3) is 12.0 Å². The van der Waals surface area contributed by atoms with Crippen LogP contribution in [0.3, 0.4) is 0 Å². The van der Waals surface area contributed by atoms with Crippen molar-refractivity contribution in [2.45, 2.75) is 31.0 Å². The maximum absolute atomic E-state index is 13.0. The maximum atomic E-state index is 13.0. The molecule has 7 N–H and O–H groups in total. The van der Waals surface area contributed by atoms with E-state index in [2.05, 4.69) is 25.3 Å². The van der Waals surface area contributed by atoms with E-state index in [1.54, 1.807) is 18.3 Å². The summed E-state index contributed by atoms with van der Waals surface area (Å²) in [5.41, 5.74) is 9.93. The van der Waals surface area contributed by atoms with Crippen LogP contribution in [0.25, 0.3) is 10.4 Å². The average molecular weight is 492 g/mol. The van der Waals surface area contributed by atoms with E-state index in [0.717, 1.165) is 18.7 Å². The molecule has 0 unspecified atom stereocenters. The van der Waals surface area contributed by atoms with Crippen LogP contribution in [0.1, 0.15) is 30.0 Å². The molecule has 14 heteroatoms. The molecular formula is C20H19F3N8O2S. The first kappa shape index (κ1) is 23.4. The molecule has 2 aromatic heterocycles. The molecule has 0 spiro atoms. The van der Waals surface area contributed by atoms with Gasteiger partial charge < -0.3 is 26.6 Å². The van der Waals surface area contributed by atoms with E-state index < -0.39 is 29.5 Å². The van der Waals surface area contributed by atoms with E-state index in [1.807, 2.05) is 0 Å². The van der Waals surface area contributed by atoms with Crippen LogP contribution in [0.15, 0.2) is 41.7 Å². The van der Waals surface area contributed by atoms with Gasteiger partial charge in [0.05, 0.1) is 10.6 Å². The first-order chi connectivity index (χ1) is 16.0. The zero-order chi connectivity index (χ0) is 24.5. The van der Waals surface area contributed by atoms with Gasteiger partial charge in [-0.15, -0.1) is 11.3 Å². The second kappa shape index (κ2) is 8.87. The molecule has 34 heavy (non-hydrogen) atoms. The number of aliphatic imine (C=N–C) groups is 1. The number of alkyl halides is 3. The molecular weight excluding hydrogens is 473 g/mol. The van der Waals surface area contributed by atoms with E-state index >= 15 is 0 Å². The predicted molar refractivity (Wildman–Crippen MR) is 120 cm³/mol. The summed E-state index contributed by atoms with van der Waals surface area (Å²) in [6, 6.07) is 4.46. The number of thiazole rings is 1. The fraction of sp³-hybridized carbons (Fsp3) is 0.250. The number of rotatable bonds is 5. The van der Waals surface area contributed by atoms with Gasteiger partial charge in [0.2, 0.25) is 5.95 Å². The van der Waals surface area contributed by atoms with Crippen LogP contribution < -0.4 is 16.8 Å². The minimum absolute atomic E-state index is 0.253. The Kier molecular flexibility index (Phi) is 6.10. The highest BCUT2D eigenvalue weighted by Crippen LogP contribution is 2.44. The van der Waals surface area contributed by atoms with Crippen molar-refractivity contribution < 1.29 is 23.0 Å². The summed E-state index contributed by atoms with van der Waals surface area (Å²) in [6.45, 7) is 0. The molecule has 4 rings (SSSR count). The smallest absolute Gasteiger partial charge is 0.393 e. The van der Waals surface area contributed by atoms with Crippen molar-refractivity contribution in [3.8, 4) is 10.4 Å². The fourth-order valence-electron chi connectivity index (χ4n) is 3.21. The van der Waals surface area contributed by atoms with Crippen molar-refractivity contribution in [3.05, 3.63) is 47.4 Å². The molecule has 2 heterocycles. The average Bonchev–Trinajstić information content (AvgIpc) is 3.21. The Hall–Kier alpha value is -3.78. The normalized spacial score (nSPS) is 15.5. The Labute approximate surface area is 195 Å². The third kappa shape index (κ3) is 5.23. The fourth-order valence-corrected chi connectivity index (χ4v) is 4.26. The SMILES string of the molecule is N=C(N)OC(N)=Nc1cc(Nc2nccc(C(F)(F)F)n2)cc(-c2cnc(C3(O)CCC3)s2)c1. The number of hydrogen-bond donors (Lipinski definition) is 5. The lowest BCUT2D eigenvalue weighted by Gasteiger charge is -2.34. The Morgan fingerprint density at radius 3 is 2.65 bits per heavy atom. The molecule has 1 aliphatic rings. The molecule has 1 saturated carbocycles. The first-order valence-corrected chi connectivity index (χ1v) is 10.7. The number of ether oxygens (including phenoxy) is 1. The van der Waals surface area contributed by atoms with Crippen LogP contribution in [0.5, 0.6) is 0 Å². The summed E-state index contributed by atoms with van der Waals surface area (Å²) in [5, 5.41) is 21.1. The Balaban J connectivity index is 1.71. The first-order valence-electron chi connectivity index (χ1n) is 9.89. The van der Waals surface area contributed by atoms with E-state index in [1.165, 1.54) is 17.4 Å². The summed E-state index contributed by atoms with van der Waals surface area (Å²) in [5.74, 6) is -0.274. The van der Waals surface area contributed by atoms with Gasteiger partial charge in [-0.05, 0) is 49.1 Å². The monoisotopic (exact) mass is 492 g/mol. The summed E-state index contributed by atoms with van der Waals surface area (Å²) in [4.78, 5) is 16.4. The van der Waals surface area contributed by atoms with Gasteiger partial charge in [0.1, 0.15) is 16.3 Å². The van der Waals surface area contributed by atoms with Crippen molar-refractivity contribution in [2.24, 2.45) is 16.5 Å². The lowest BCUT2D eigenvalue weighted by Crippen LogP contribution is -2.33. The van der Waals surface area contributed by atoms with E-state index in [0.29, 0.717) is 34.0 Å². The molecule has 0 saturated heterocycles. The third-order valence-electron chi connectivity index (χ3n) is 4.94. The molecule has 1 aromatic carbocycles. The number of nitrogens with two attached hydrogens (primary N) is 2. The molecule has 0 atom stereocenters. The van der Waals surface area contributed by atoms with Crippen molar-refractivity contribution in [1.29, 1.82) is 5.41 Å². The molecule has 3 aromatic rings. The molecule has 0 amide bonds. The standard InChI is InChI=1S/C20H19F3N8O2S/c21-20(22,23)14-2-5-27-18(31-14)30-12-7-10(6-11(8-12)29-17(26)33-16(24)25)13-9-28-15(34-13)19(32)3-1-4-19/h2,5-9,32H,1,3-4H2,(H3,24,25)(H2,26,29)(H,27,30,31). The summed E-state index contributed by atoms with van der Waals surface area (Å²) in [7, 11) is 0. The highest BCUT2D eigenvalue weighted by Gasteiger charge is 2.39. The van der Waals surface area contributed by atoms with Crippen LogP contribution in [0.2, 0.25) is 0 Å². The maximum Gasteiger partial charge on any atom is 0.433 e. The second-order valence-electron chi connectivity index (χ2n) is 7.49. The van der Waals surface area contributed by atoms with Gasteiger partial charge in [-0.25, -0.2) is 15.0 Å². The van der Waals surface area contributed by atoms with Crippen LogP contribution in [0, 0.1) is 5.41 Å². The minimum Gasteiger partial charge on any atom is -0.393 e. The number of benzene rings is 1. The highest BCUT2D eigenvalue weighted by atomic mass is 32.1. The quantitative estimate of drug-likeness (QED) is 0.266. The zero-order valence-electron chi connectivity index (χ0n) is 17.4. The van der Waals surface area contributed by atoms with Crippen LogP contribution >= 0.6 is 11.3 Å². The van der Waals surface area contributed by atoms with Gasteiger partial charge in [0.15, 0.2) is 0 Å². The molecule has 0 aliphatic heterocycles. The Morgan fingerprint density at radius 2 is 2.00 bits per heavy atom. The lowest BCUT2D eigenvalue weighted by molar-refractivity contribution is -0.141. The Morgan fingerprint density at radius 1 is 1.24 bits per heavy atom. The van der Waals surface area contributed by atoms with Crippen LogP contribution in [-0.2, 0) is 16.5 Å². The second-order valence-corrected chi connectivity index (χ2v) is 8.52. The van der Waals surface area contributed by atoms with E-state index in [9.17, 15) is 18.3 Å². The third-order valence-corrected chi connectivity index (χ3v) is 6.18. The largest absolute Gasteiger partial charge is 0.433 e. The number of amidine groups is 2. The molecule has 0 bridgehead atoms. The number of anilines is 2. The van der Waals surface area contributed by atoms with Crippen molar-refractivity contribution in [1.82, 2.24) is 15.0 Å². The molecule has 10 nitrogen and oxygen atoms in total. The highest BCUT2D eigenvalue weighted by molar-refractivity contribution is 7.15. The van der Waals surface area contributed by atoms with Crippen molar-refractivity contribution in [2.75, 3.05) is 5.32 Å². The van der Waals surface area contributed by atoms with Gasteiger partial charge in [0, 0.05) is 18.1 Å². The molecule has 1 aliphatic carbocycles. The summed E-state index contributed by atoms with van der Waals surface area (Å²) < 4.78 is 43.8. The van der Waals surface area contributed by atoms with Gasteiger partial charge >= 0.3 is 6.18 Å². The number of aliphatic hydroxyl groups is 1. The van der Waals surface area contributed by atoms with Gasteiger partial charge in [-0.1, -0.05) is 0 Å². The van der Waals surface area contributed by atoms with Gasteiger partial charge in [-0.2, -0.15) is 18.2 Å². The van der Waals surface area contributed by atoms with E-state index in [4.69, 9.17) is 21.6 Å². The number of nitrogens with zero attached hydrogens (tertiary/aromatic N) is 4. The van der Waals surface area contributed by atoms with Gasteiger partial charge in [-0.3, -0.25) is 5.41 Å². The number of halogens is 3. The number of nitrogens with one attached hydrogen (secondary N) is 2. The number of hydrogen-bond acceptors (Lipinski definition) is 9. The van der Waals surface area contributed by atoms with E-state index in [-0.39, 0.29) is 11.6 Å². The summed E-state index contributed by atoms with van der Waals surface area (Å²) >= 11 is 1.29. The minimum atomic E-state index is -4.63. The zero-order valence-corrected chi connectivity index (χ0v) is 18.2. The Bertz CT molecular complexity index is 1260. The lowest BCUT2D eigenvalue weighted by atomic mass is 9.81. The van der Waals surface area contributed by atoms with Crippen molar-refractivity contribution in [3.63, 3.8) is 0 Å². The van der Waals surface area contributed by atoms with Crippen LogP contribution in [-0.4, -0.2) is 32.1 Å². The predicted octanol–water partition coefficient (Wildman–Crippen LogP) is 3.59. The topological polar surface area (TPSA) is 168 Å². The van der Waals surface area contributed by atoms with Crippen molar-refractivity contribution >= 4 is 40.7 Å². The molecule has 178 valence electrons. The molecule has 1 fully saturated rings. The summed E-state index contributed by atoms with van der Waals surface area (Å²) in [6.07, 6.45) is 0.130. The number of aromatic nitrogens is 3. The van der Waals surface area contributed by atoms with Crippen LogP contribution in [0.4, 0.5) is 30.5 Å². The molecule has 0 radical (unpaired) electrons.